The van der Waals surface area contributed by atoms with Crippen molar-refractivity contribution in [2.75, 3.05) is 75.4 Å². The van der Waals surface area contributed by atoms with E-state index in [1.165, 1.54) is 17.8 Å². The van der Waals surface area contributed by atoms with E-state index in [9.17, 15) is 24.5 Å². The molecule has 0 atom stereocenters. The van der Waals surface area contributed by atoms with Gasteiger partial charge in [0, 0.05) is 75.7 Å². The summed E-state index contributed by atoms with van der Waals surface area (Å²) in [7, 11) is 0. The molecule has 3 saturated heterocycles. The Hall–Kier alpha value is -5.55. The topological polar surface area (TPSA) is 97.9 Å². The lowest BCUT2D eigenvalue weighted by molar-refractivity contribution is -0.133. The summed E-state index contributed by atoms with van der Waals surface area (Å²) < 4.78 is 13.3. The quantitative estimate of drug-likeness (QED) is 0.124. The van der Waals surface area contributed by atoms with Gasteiger partial charge in [-0.3, -0.25) is 14.5 Å². The van der Waals surface area contributed by atoms with Crippen molar-refractivity contribution in [1.29, 1.82) is 10.5 Å². The molecule has 0 N–H and O–H groups in total. The number of hydrogen-bond donors (Lipinski definition) is 0. The third-order valence-corrected chi connectivity index (χ3v) is 11.6. The molecular formula is C44H46FN7O2. The number of nitrogens with zero attached hydrogens (tertiary/aromatic N) is 7. The first-order chi connectivity index (χ1) is 26.3. The molecule has 54 heavy (non-hydrogen) atoms. The van der Waals surface area contributed by atoms with Crippen molar-refractivity contribution in [3.63, 3.8) is 0 Å². The number of rotatable bonds is 11. The van der Waals surface area contributed by atoms with Crippen LogP contribution in [-0.2, 0) is 4.79 Å². The Morgan fingerprint density at radius 2 is 1.39 bits per heavy atom. The van der Waals surface area contributed by atoms with Gasteiger partial charge in [0.2, 0.25) is 5.91 Å². The van der Waals surface area contributed by atoms with E-state index in [1.54, 1.807) is 12.1 Å². The van der Waals surface area contributed by atoms with E-state index >= 15 is 0 Å². The highest BCUT2D eigenvalue weighted by molar-refractivity contribution is 5.96. The minimum atomic E-state index is -0.569. The number of piperidine rings is 1. The second-order valence-electron chi connectivity index (χ2n) is 14.7. The van der Waals surface area contributed by atoms with E-state index in [0.29, 0.717) is 30.8 Å². The zero-order valence-corrected chi connectivity index (χ0v) is 30.9. The maximum absolute atomic E-state index is 14.3. The highest BCUT2D eigenvalue weighted by Crippen LogP contribution is 2.39. The molecule has 7 rings (SSSR count). The monoisotopic (exact) mass is 723 g/mol. The molecule has 4 aromatic rings. The highest BCUT2D eigenvalue weighted by Gasteiger charge is 2.53. The first-order valence-electron chi connectivity index (χ1n) is 18.9. The zero-order chi connectivity index (χ0) is 37.7. The van der Waals surface area contributed by atoms with Crippen LogP contribution in [0.5, 0.6) is 0 Å². The smallest absolute Gasteiger partial charge is 0.250 e. The number of ketones is 1. The van der Waals surface area contributed by atoms with Gasteiger partial charge in [-0.15, -0.1) is 0 Å². The van der Waals surface area contributed by atoms with Gasteiger partial charge in [-0.2, -0.15) is 10.5 Å². The van der Waals surface area contributed by atoms with Gasteiger partial charge in [0.25, 0.3) is 0 Å². The molecule has 1 amide bonds. The first kappa shape index (κ1) is 36.8. The molecule has 0 aromatic heterocycles. The molecule has 0 aliphatic carbocycles. The molecule has 4 aromatic carbocycles. The number of nitriles is 2. The van der Waals surface area contributed by atoms with Gasteiger partial charge in [0.1, 0.15) is 29.1 Å². The summed E-state index contributed by atoms with van der Waals surface area (Å²) in [6, 6.07) is 32.6. The summed E-state index contributed by atoms with van der Waals surface area (Å²) in [5, 5.41) is 20.7. The predicted octanol–water partition coefficient (Wildman–Crippen LogP) is 6.73. The summed E-state index contributed by atoms with van der Waals surface area (Å²) in [4.78, 5) is 38.6. The lowest BCUT2D eigenvalue weighted by atomic mass is 9.85. The molecule has 3 aliphatic rings. The molecule has 3 heterocycles. The van der Waals surface area contributed by atoms with E-state index < -0.39 is 5.54 Å². The Kier molecular flexibility index (Phi) is 11.1. The van der Waals surface area contributed by atoms with Crippen molar-refractivity contribution in [2.45, 2.75) is 38.1 Å². The molecule has 3 aliphatic heterocycles. The van der Waals surface area contributed by atoms with Crippen LogP contribution in [0.25, 0.3) is 16.3 Å². The van der Waals surface area contributed by atoms with Gasteiger partial charge < -0.3 is 19.6 Å². The first-order valence-corrected chi connectivity index (χ1v) is 18.9. The van der Waals surface area contributed by atoms with Crippen molar-refractivity contribution < 1.29 is 14.0 Å². The van der Waals surface area contributed by atoms with E-state index in [0.717, 1.165) is 93.6 Å². The van der Waals surface area contributed by atoms with Gasteiger partial charge in [-0.1, -0.05) is 36.4 Å². The normalized spacial score (nSPS) is 17.5. The summed E-state index contributed by atoms with van der Waals surface area (Å²) in [5.41, 5.74) is 3.94. The number of carbonyl (C=O) groups excluding carboxylic acids is 2. The summed E-state index contributed by atoms with van der Waals surface area (Å²) in [6.45, 7) is 9.93. The van der Waals surface area contributed by atoms with Gasteiger partial charge >= 0.3 is 0 Å². The third kappa shape index (κ3) is 7.72. The number of likely N-dealkylation sites (tertiary alicyclic amines) is 1. The number of benzene rings is 4. The van der Waals surface area contributed by atoms with Crippen LogP contribution in [0.3, 0.4) is 0 Å². The van der Waals surface area contributed by atoms with Crippen molar-refractivity contribution in [1.82, 2.24) is 14.7 Å². The molecule has 0 bridgehead atoms. The minimum Gasteiger partial charge on any atom is -0.369 e. The van der Waals surface area contributed by atoms with Crippen molar-refractivity contribution >= 4 is 39.4 Å². The lowest BCUT2D eigenvalue weighted by Crippen LogP contribution is -2.56. The predicted molar refractivity (Wildman–Crippen MR) is 210 cm³/mol. The molecule has 0 saturated carbocycles. The van der Waals surface area contributed by atoms with Crippen molar-refractivity contribution in [3.05, 3.63) is 114 Å². The van der Waals surface area contributed by atoms with E-state index in [4.69, 9.17) is 0 Å². The van der Waals surface area contributed by atoms with Crippen LogP contribution in [0.2, 0.25) is 0 Å². The molecule has 10 heteroatoms. The Bertz CT molecular complexity index is 2090. The van der Waals surface area contributed by atoms with Gasteiger partial charge in [-0.25, -0.2) is 4.39 Å². The average molecular weight is 724 g/mol. The Morgan fingerprint density at radius 3 is 2.09 bits per heavy atom. The van der Waals surface area contributed by atoms with Gasteiger partial charge in [0.15, 0.2) is 5.78 Å². The number of Topliss-reactive ketones (excluding diaryl/α,β-unsaturated/α-hetero) is 1. The molecular weight excluding hydrogens is 678 g/mol. The lowest BCUT2D eigenvalue weighted by Gasteiger charge is -2.43. The highest BCUT2D eigenvalue weighted by atomic mass is 19.1. The van der Waals surface area contributed by atoms with Crippen molar-refractivity contribution in [3.8, 4) is 12.1 Å². The molecule has 276 valence electrons. The van der Waals surface area contributed by atoms with Gasteiger partial charge in [-0.05, 0) is 109 Å². The fourth-order valence-corrected chi connectivity index (χ4v) is 8.25. The number of para-hydroxylation sites is 1. The number of piperazine rings is 1. The van der Waals surface area contributed by atoms with Crippen LogP contribution >= 0.6 is 0 Å². The molecule has 9 nitrogen and oxygen atoms in total. The van der Waals surface area contributed by atoms with Crippen molar-refractivity contribution in [2.24, 2.45) is 0 Å². The van der Waals surface area contributed by atoms with Crippen LogP contribution in [0.1, 0.15) is 48.5 Å². The second-order valence-corrected chi connectivity index (χ2v) is 14.7. The van der Waals surface area contributed by atoms with Crippen LogP contribution in [0.4, 0.5) is 15.8 Å². The Morgan fingerprint density at radius 1 is 0.741 bits per heavy atom. The van der Waals surface area contributed by atoms with Gasteiger partial charge in [0.05, 0.1) is 6.67 Å². The minimum absolute atomic E-state index is 0.0313. The van der Waals surface area contributed by atoms with E-state index in [1.807, 2.05) is 49.4 Å². The zero-order valence-electron chi connectivity index (χ0n) is 30.9. The number of amides is 1. The van der Waals surface area contributed by atoms with Crippen LogP contribution in [0, 0.1) is 28.5 Å². The number of anilines is 2. The fraction of sp³-hybridized carbons (Fsp3) is 0.364. The average Bonchev–Trinajstić information content (AvgIpc) is 3.48. The maximum atomic E-state index is 14.3. The number of carbonyl (C=O) groups is 2. The Balaban J connectivity index is 0.929. The molecule has 1 spiro atoms. The molecule has 0 unspecified atom stereocenters. The van der Waals surface area contributed by atoms with E-state index in [-0.39, 0.29) is 23.1 Å². The second kappa shape index (κ2) is 16.2. The van der Waals surface area contributed by atoms with E-state index in [2.05, 4.69) is 60.9 Å². The maximum Gasteiger partial charge on any atom is 0.250 e. The SMILES string of the molecule is CC(=C(C#N)C#N)c1ccc2cc(N3CCN(CCN4CN(c5ccccc5)C5(CCN(CCCC(=O)c6ccc(F)cc6)CC5)C4=O)CC3)ccc2c1. The van der Waals surface area contributed by atoms with Crippen LogP contribution in [-0.4, -0.2) is 97.5 Å². The number of hydrogen-bond acceptors (Lipinski definition) is 8. The fourth-order valence-electron chi connectivity index (χ4n) is 8.25. The number of halogens is 1. The summed E-state index contributed by atoms with van der Waals surface area (Å²) in [5.74, 6) is -0.0898. The molecule has 0 radical (unpaired) electrons. The number of fused-ring (bicyclic) bond motifs is 1. The third-order valence-electron chi connectivity index (χ3n) is 11.6. The molecule has 3 fully saturated rings. The van der Waals surface area contributed by atoms with Crippen LogP contribution < -0.4 is 9.80 Å². The standard InChI is InChI=1S/C44H46FN7O2/c1-33(38(30-46)31-47)35-9-10-37-29-41(16-13-36(37)28-35)50-25-22-49(23-26-50)24-27-51-32-52(40-6-3-2-4-7-40)44(43(51)54)17-20-48(21-18-44)19-5-8-42(53)34-11-14-39(45)15-12-34/h2-4,6-7,9-16,28-29H,5,8,17-27,32H2,1H3. The number of allylic oxidation sites excluding steroid dienone is 2. The summed E-state index contributed by atoms with van der Waals surface area (Å²) >= 11 is 0. The Labute approximate surface area is 317 Å². The largest absolute Gasteiger partial charge is 0.369 e. The van der Waals surface area contributed by atoms with Crippen LogP contribution in [0.15, 0.2) is 96.6 Å². The summed E-state index contributed by atoms with van der Waals surface area (Å²) in [6.07, 6.45) is 2.63.